The van der Waals surface area contributed by atoms with Crippen LogP contribution in [0.4, 0.5) is 5.69 Å². The Morgan fingerprint density at radius 1 is 0.909 bits per heavy atom. The minimum absolute atomic E-state index is 0.0145. The molecule has 0 heterocycles. The molecule has 0 bridgehead atoms. The lowest BCUT2D eigenvalue weighted by molar-refractivity contribution is 0.0695. The first-order chi connectivity index (χ1) is 15.6. The van der Waals surface area contributed by atoms with Crippen molar-refractivity contribution >= 4 is 23.1 Å². The molecule has 0 aromatic heterocycles. The van der Waals surface area contributed by atoms with Gasteiger partial charge in [0.2, 0.25) is 0 Å². The lowest BCUT2D eigenvalue weighted by Crippen LogP contribution is -2.23. The lowest BCUT2D eigenvalue weighted by atomic mass is 9.72. The van der Waals surface area contributed by atoms with Gasteiger partial charge in [0, 0.05) is 11.3 Å². The summed E-state index contributed by atoms with van der Waals surface area (Å²) in [6, 6.07) is 17.8. The van der Waals surface area contributed by atoms with Gasteiger partial charge in [-0.2, -0.15) is 0 Å². The van der Waals surface area contributed by atoms with Gasteiger partial charge in [-0.25, -0.2) is 4.79 Å². The number of benzene rings is 3. The maximum absolute atomic E-state index is 13.1. The molecule has 168 valence electrons. The van der Waals surface area contributed by atoms with Gasteiger partial charge in [-0.1, -0.05) is 55.8 Å². The van der Waals surface area contributed by atoms with E-state index in [1.807, 2.05) is 12.1 Å². The average molecular weight is 440 g/mol. The van der Waals surface area contributed by atoms with Gasteiger partial charge in [0.25, 0.3) is 5.91 Å². The maximum Gasteiger partial charge on any atom is 0.336 e. The average Bonchev–Trinajstić information content (AvgIpc) is 2.73. The topological polar surface area (TPSA) is 66.4 Å². The van der Waals surface area contributed by atoms with E-state index in [1.54, 1.807) is 26.0 Å². The first-order valence-corrected chi connectivity index (χ1v) is 11.1. The van der Waals surface area contributed by atoms with Crippen molar-refractivity contribution in [1.82, 2.24) is 0 Å². The Labute approximate surface area is 195 Å². The van der Waals surface area contributed by atoms with Gasteiger partial charge in [0.1, 0.15) is 0 Å². The van der Waals surface area contributed by atoms with Crippen LogP contribution in [0.5, 0.6) is 0 Å². The van der Waals surface area contributed by atoms with Gasteiger partial charge < -0.3 is 10.4 Å². The van der Waals surface area contributed by atoms with Crippen LogP contribution >= 0.6 is 0 Å². The fraction of sp³-hybridized carbons (Fsp3) is 0.241. The zero-order chi connectivity index (χ0) is 23.9. The van der Waals surface area contributed by atoms with Crippen molar-refractivity contribution < 1.29 is 14.7 Å². The van der Waals surface area contributed by atoms with Crippen LogP contribution < -0.4 is 5.32 Å². The number of hydrogen-bond donors (Lipinski definition) is 2. The van der Waals surface area contributed by atoms with E-state index in [9.17, 15) is 14.7 Å². The molecule has 0 saturated heterocycles. The molecule has 1 aliphatic rings. The molecule has 2 N–H and O–H groups in total. The fourth-order valence-corrected chi connectivity index (χ4v) is 4.66. The highest BCUT2D eigenvalue weighted by atomic mass is 16.4. The molecule has 1 amide bonds. The fourth-order valence-electron chi connectivity index (χ4n) is 4.66. The van der Waals surface area contributed by atoms with Crippen LogP contribution in [0.2, 0.25) is 0 Å². The second kappa shape index (κ2) is 8.36. The smallest absolute Gasteiger partial charge is 0.336 e. The molecule has 0 spiro atoms. The van der Waals surface area contributed by atoms with Crippen LogP contribution in [0.1, 0.15) is 74.4 Å². The number of carboxylic acids is 1. The Balaban J connectivity index is 1.70. The molecule has 0 saturated carbocycles. The molecule has 0 unspecified atom stereocenters. The number of nitrogens with one attached hydrogen (secondary N) is 1. The molecular formula is C29H29NO3. The summed E-state index contributed by atoms with van der Waals surface area (Å²) in [5, 5.41) is 12.3. The first-order valence-electron chi connectivity index (χ1n) is 11.1. The van der Waals surface area contributed by atoms with Crippen molar-refractivity contribution in [3.05, 3.63) is 105 Å². The van der Waals surface area contributed by atoms with E-state index < -0.39 is 5.97 Å². The van der Waals surface area contributed by atoms with Crippen LogP contribution in [0.3, 0.4) is 0 Å². The monoisotopic (exact) mass is 439 g/mol. The van der Waals surface area contributed by atoms with Gasteiger partial charge in [-0.15, -0.1) is 0 Å². The Bertz CT molecular complexity index is 1270. The quantitative estimate of drug-likeness (QED) is 0.477. The van der Waals surface area contributed by atoms with Gasteiger partial charge in [0.05, 0.1) is 5.56 Å². The zero-order valence-electron chi connectivity index (χ0n) is 19.7. The van der Waals surface area contributed by atoms with Crippen molar-refractivity contribution in [2.45, 2.75) is 46.5 Å². The minimum Gasteiger partial charge on any atom is -0.478 e. The molecule has 0 atom stereocenters. The van der Waals surface area contributed by atoms with Gasteiger partial charge in [-0.3, -0.25) is 4.79 Å². The van der Waals surface area contributed by atoms with E-state index in [4.69, 9.17) is 0 Å². The third-order valence-electron chi connectivity index (χ3n) is 6.48. The number of amides is 1. The number of aryl methyl sites for hydroxylation is 3. The molecule has 4 heteroatoms. The second-order valence-electron chi connectivity index (χ2n) is 9.58. The predicted molar refractivity (Wildman–Crippen MR) is 133 cm³/mol. The summed E-state index contributed by atoms with van der Waals surface area (Å²) in [6.45, 7) is 10.0. The van der Waals surface area contributed by atoms with E-state index in [2.05, 4.69) is 62.5 Å². The number of aromatic carboxylic acids is 1. The number of fused-ring (bicyclic) bond motifs is 1. The summed E-state index contributed by atoms with van der Waals surface area (Å²) in [6.07, 6.45) is 3.20. The predicted octanol–water partition coefficient (Wildman–Crippen LogP) is 6.68. The molecule has 0 radical (unpaired) electrons. The summed E-state index contributed by atoms with van der Waals surface area (Å²) in [4.78, 5) is 24.6. The summed E-state index contributed by atoms with van der Waals surface area (Å²) < 4.78 is 0. The molecule has 3 aromatic carbocycles. The molecule has 3 aromatic rings. The van der Waals surface area contributed by atoms with Gasteiger partial charge in [0.15, 0.2) is 0 Å². The maximum atomic E-state index is 13.1. The van der Waals surface area contributed by atoms with Crippen LogP contribution in [-0.2, 0) is 5.41 Å². The highest BCUT2D eigenvalue weighted by Crippen LogP contribution is 2.41. The van der Waals surface area contributed by atoms with Crippen molar-refractivity contribution in [2.75, 3.05) is 5.32 Å². The SMILES string of the molecule is Cc1ccc(C2=CCC(C)(C)c3ccc(C(=O)Nc4cc(C)c(C(=O)O)c(C)c4)cc32)cc1. The molecule has 0 fully saturated rings. The van der Waals surface area contributed by atoms with E-state index in [1.165, 1.54) is 11.1 Å². The van der Waals surface area contributed by atoms with Crippen LogP contribution in [0.25, 0.3) is 5.57 Å². The Morgan fingerprint density at radius 2 is 1.55 bits per heavy atom. The van der Waals surface area contributed by atoms with Crippen LogP contribution in [0.15, 0.2) is 60.7 Å². The Hall–Kier alpha value is -3.66. The summed E-state index contributed by atoms with van der Waals surface area (Å²) in [5.41, 5.74) is 8.48. The zero-order valence-corrected chi connectivity index (χ0v) is 19.7. The molecule has 4 rings (SSSR count). The summed E-state index contributed by atoms with van der Waals surface area (Å²) in [5.74, 6) is -1.18. The second-order valence-corrected chi connectivity index (χ2v) is 9.58. The van der Waals surface area contributed by atoms with E-state index >= 15 is 0 Å². The molecule has 4 nitrogen and oxygen atoms in total. The Morgan fingerprint density at radius 3 is 2.15 bits per heavy atom. The standard InChI is InChI=1S/C29H29NO3/c1-17-6-8-20(9-7-17)23-12-13-29(4,5)25-11-10-21(16-24(23)25)27(31)30-22-14-18(2)26(28(32)33)19(3)15-22/h6-12,14-16H,13H2,1-5H3,(H,30,31)(H,32,33). The highest BCUT2D eigenvalue weighted by molar-refractivity contribution is 6.05. The summed E-state index contributed by atoms with van der Waals surface area (Å²) >= 11 is 0. The number of hydrogen-bond acceptors (Lipinski definition) is 2. The van der Waals surface area contributed by atoms with Gasteiger partial charge >= 0.3 is 5.97 Å². The number of rotatable bonds is 4. The lowest BCUT2D eigenvalue weighted by Gasteiger charge is -2.32. The molecule has 33 heavy (non-hydrogen) atoms. The van der Waals surface area contributed by atoms with Crippen molar-refractivity contribution in [3.63, 3.8) is 0 Å². The van der Waals surface area contributed by atoms with Crippen molar-refractivity contribution in [2.24, 2.45) is 0 Å². The molecule has 0 aliphatic heterocycles. The largest absolute Gasteiger partial charge is 0.478 e. The van der Waals surface area contributed by atoms with Crippen LogP contribution in [0, 0.1) is 20.8 Å². The molecular weight excluding hydrogens is 410 g/mol. The normalized spacial score (nSPS) is 14.3. The first kappa shape index (κ1) is 22.5. The number of allylic oxidation sites excluding steroid dienone is 1. The number of anilines is 1. The van der Waals surface area contributed by atoms with E-state index in [-0.39, 0.29) is 16.9 Å². The van der Waals surface area contributed by atoms with E-state index in [0.29, 0.717) is 22.4 Å². The number of carbonyl (C=O) groups is 2. The highest BCUT2D eigenvalue weighted by Gasteiger charge is 2.29. The number of carboxylic acid groups (broad SMARTS) is 1. The number of carbonyl (C=O) groups excluding carboxylic acids is 1. The summed E-state index contributed by atoms with van der Waals surface area (Å²) in [7, 11) is 0. The third-order valence-corrected chi connectivity index (χ3v) is 6.48. The molecule has 1 aliphatic carbocycles. The third kappa shape index (κ3) is 4.34. The van der Waals surface area contributed by atoms with Crippen molar-refractivity contribution in [3.8, 4) is 0 Å². The minimum atomic E-state index is -0.962. The van der Waals surface area contributed by atoms with Crippen LogP contribution in [-0.4, -0.2) is 17.0 Å². The Kier molecular flexibility index (Phi) is 5.71. The van der Waals surface area contributed by atoms with E-state index in [0.717, 1.165) is 23.1 Å². The van der Waals surface area contributed by atoms with Crippen molar-refractivity contribution in [1.29, 1.82) is 0 Å². The van der Waals surface area contributed by atoms with Gasteiger partial charge in [-0.05, 0) is 90.3 Å².